The van der Waals surface area contributed by atoms with Crippen molar-refractivity contribution in [2.45, 2.75) is 0 Å². The van der Waals surface area contributed by atoms with Gasteiger partial charge in [-0.2, -0.15) is 0 Å². The summed E-state index contributed by atoms with van der Waals surface area (Å²) in [5.41, 5.74) is 2.38. The van der Waals surface area contributed by atoms with Crippen LogP contribution in [0.5, 0.6) is 0 Å². The quantitative estimate of drug-likeness (QED) is 0.357. The van der Waals surface area contributed by atoms with Gasteiger partial charge < -0.3 is 30.3 Å². The molecule has 0 unspecified atom stereocenters. The van der Waals surface area contributed by atoms with Crippen LogP contribution in [0.4, 0.5) is 22.7 Å². The van der Waals surface area contributed by atoms with E-state index in [0.29, 0.717) is 22.7 Å². The molecule has 0 amide bonds. The summed E-state index contributed by atoms with van der Waals surface area (Å²) in [5.74, 6) is -1.33. The molecule has 0 saturated heterocycles. The second kappa shape index (κ2) is 11.5. The summed E-state index contributed by atoms with van der Waals surface area (Å²) in [6, 6.07) is 21.2. The Balaban J connectivity index is 2.08. The number of carbonyl (C=O) groups is 2. The molecule has 0 aliphatic heterocycles. The van der Waals surface area contributed by atoms with Gasteiger partial charge in [0, 0.05) is 11.4 Å². The zero-order valence-corrected chi connectivity index (χ0v) is 17.3. The van der Waals surface area contributed by atoms with Gasteiger partial charge in [0.05, 0.1) is 35.7 Å². The number of nitrogens with one attached hydrogen (secondary N) is 2. The Labute approximate surface area is 185 Å². The van der Waals surface area contributed by atoms with Gasteiger partial charge in [0.25, 0.3) is 0 Å². The van der Waals surface area contributed by atoms with Crippen LogP contribution in [-0.2, 0) is 9.47 Å². The minimum atomic E-state index is -0.663. The smallest absolute Gasteiger partial charge is 0.340 e. The van der Waals surface area contributed by atoms with E-state index in [0.717, 1.165) is 0 Å². The van der Waals surface area contributed by atoms with E-state index in [1.807, 2.05) is 60.7 Å². The molecule has 8 nitrogen and oxygen atoms in total. The van der Waals surface area contributed by atoms with E-state index in [-0.39, 0.29) is 37.6 Å². The molecule has 0 aliphatic rings. The lowest BCUT2D eigenvalue weighted by Gasteiger charge is -2.18. The second-order valence-electron chi connectivity index (χ2n) is 6.64. The lowest BCUT2D eigenvalue weighted by atomic mass is 10.0. The molecule has 0 spiro atoms. The van der Waals surface area contributed by atoms with Gasteiger partial charge in [-0.15, -0.1) is 0 Å². The number of ether oxygens (including phenoxy) is 2. The van der Waals surface area contributed by atoms with E-state index in [9.17, 15) is 9.59 Å². The third kappa shape index (κ3) is 6.07. The lowest BCUT2D eigenvalue weighted by molar-refractivity contribution is 0.0423. The van der Waals surface area contributed by atoms with Gasteiger partial charge in [-0.05, 0) is 36.4 Å². The van der Waals surface area contributed by atoms with E-state index in [2.05, 4.69) is 10.6 Å². The third-order valence-corrected chi connectivity index (χ3v) is 4.35. The zero-order valence-electron chi connectivity index (χ0n) is 17.3. The number of hydrogen-bond acceptors (Lipinski definition) is 8. The minimum Gasteiger partial charge on any atom is -0.460 e. The molecular weight excluding hydrogens is 412 g/mol. The molecule has 0 aliphatic carbocycles. The molecule has 8 heteroatoms. The van der Waals surface area contributed by atoms with Crippen molar-refractivity contribution in [2.24, 2.45) is 0 Å². The monoisotopic (exact) mass is 436 g/mol. The van der Waals surface area contributed by atoms with Crippen LogP contribution in [0, 0.1) is 0 Å². The first-order chi connectivity index (χ1) is 15.6. The molecule has 3 rings (SSSR count). The van der Waals surface area contributed by atoms with Crippen LogP contribution in [0.1, 0.15) is 20.7 Å². The lowest BCUT2D eigenvalue weighted by Crippen LogP contribution is -2.15. The van der Waals surface area contributed by atoms with Gasteiger partial charge in [-0.25, -0.2) is 9.59 Å². The van der Waals surface area contributed by atoms with Gasteiger partial charge in [0.1, 0.15) is 13.2 Å². The summed E-state index contributed by atoms with van der Waals surface area (Å²) < 4.78 is 10.2. The highest BCUT2D eigenvalue weighted by molar-refractivity contribution is 6.04. The first-order valence-corrected chi connectivity index (χ1v) is 10.0. The van der Waals surface area contributed by atoms with E-state index in [4.69, 9.17) is 19.7 Å². The highest BCUT2D eigenvalue weighted by Gasteiger charge is 2.22. The van der Waals surface area contributed by atoms with Crippen LogP contribution < -0.4 is 10.6 Å². The largest absolute Gasteiger partial charge is 0.460 e. The summed E-state index contributed by atoms with van der Waals surface area (Å²) in [5, 5.41) is 24.3. The third-order valence-electron chi connectivity index (χ3n) is 4.35. The Hall–Kier alpha value is -3.88. The Morgan fingerprint density at radius 2 is 1.03 bits per heavy atom. The Kier molecular flexibility index (Phi) is 8.19. The van der Waals surface area contributed by atoms with Gasteiger partial charge in [-0.3, -0.25) is 0 Å². The Morgan fingerprint density at radius 3 is 1.38 bits per heavy atom. The van der Waals surface area contributed by atoms with Gasteiger partial charge in [0.15, 0.2) is 0 Å². The fourth-order valence-corrected chi connectivity index (χ4v) is 2.93. The summed E-state index contributed by atoms with van der Waals surface area (Å²) in [4.78, 5) is 25.4. The van der Waals surface area contributed by atoms with Crippen LogP contribution in [0.3, 0.4) is 0 Å². The molecule has 0 bridgehead atoms. The van der Waals surface area contributed by atoms with Crippen LogP contribution >= 0.6 is 0 Å². The minimum absolute atomic E-state index is 0.161. The highest BCUT2D eigenvalue weighted by Crippen LogP contribution is 2.31. The molecule has 0 radical (unpaired) electrons. The second-order valence-corrected chi connectivity index (χ2v) is 6.64. The molecule has 32 heavy (non-hydrogen) atoms. The van der Waals surface area contributed by atoms with E-state index in [1.165, 1.54) is 12.1 Å². The van der Waals surface area contributed by atoms with Gasteiger partial charge in [0.2, 0.25) is 0 Å². The van der Waals surface area contributed by atoms with Gasteiger partial charge in [-0.1, -0.05) is 36.4 Å². The molecule has 0 aromatic heterocycles. The van der Waals surface area contributed by atoms with Crippen molar-refractivity contribution in [3.63, 3.8) is 0 Å². The maximum atomic E-state index is 12.7. The van der Waals surface area contributed by atoms with E-state index in [1.54, 1.807) is 0 Å². The zero-order chi connectivity index (χ0) is 22.8. The average molecular weight is 436 g/mol. The summed E-state index contributed by atoms with van der Waals surface area (Å²) in [6.45, 7) is -0.946. The van der Waals surface area contributed by atoms with E-state index < -0.39 is 11.9 Å². The van der Waals surface area contributed by atoms with Crippen molar-refractivity contribution in [1.82, 2.24) is 0 Å². The number of aliphatic hydroxyl groups excluding tert-OH is 2. The Bertz CT molecular complexity index is 956. The summed E-state index contributed by atoms with van der Waals surface area (Å²) in [6.07, 6.45) is 0. The van der Waals surface area contributed by atoms with Gasteiger partial charge >= 0.3 is 11.9 Å². The maximum Gasteiger partial charge on any atom is 0.340 e. The molecule has 0 atom stereocenters. The number of para-hydroxylation sites is 2. The fraction of sp³-hybridized carbons (Fsp3) is 0.167. The number of benzene rings is 3. The standard InChI is InChI=1S/C24H24N2O6/c27-11-13-31-23(29)19-16-22(26-18-9-5-2-6-10-18)20(24(30)32-14-12-28)15-21(19)25-17-7-3-1-4-8-17/h1-10,15-16,25-28H,11-14H2. The topological polar surface area (TPSA) is 117 Å². The molecule has 166 valence electrons. The Morgan fingerprint density at radius 1 is 0.656 bits per heavy atom. The number of carbonyl (C=O) groups excluding carboxylic acids is 2. The summed E-state index contributed by atoms with van der Waals surface area (Å²) >= 11 is 0. The average Bonchev–Trinajstić information content (AvgIpc) is 2.83. The molecule has 3 aromatic carbocycles. The van der Waals surface area contributed by atoms with Crippen molar-refractivity contribution in [2.75, 3.05) is 37.1 Å². The molecule has 0 heterocycles. The van der Waals surface area contributed by atoms with E-state index >= 15 is 0 Å². The molecule has 3 aromatic rings. The first-order valence-electron chi connectivity index (χ1n) is 10.0. The normalized spacial score (nSPS) is 10.3. The predicted molar refractivity (Wildman–Crippen MR) is 121 cm³/mol. The van der Waals surface area contributed by atoms with Crippen molar-refractivity contribution in [3.8, 4) is 0 Å². The van der Waals surface area contributed by atoms with Crippen molar-refractivity contribution >= 4 is 34.7 Å². The highest BCUT2D eigenvalue weighted by atomic mass is 16.5. The molecule has 0 fully saturated rings. The van der Waals surface area contributed by atoms with Crippen LogP contribution in [-0.4, -0.2) is 48.6 Å². The number of esters is 2. The number of aliphatic hydroxyl groups is 2. The maximum absolute atomic E-state index is 12.7. The fourth-order valence-electron chi connectivity index (χ4n) is 2.93. The van der Waals surface area contributed by atoms with Crippen LogP contribution in [0.25, 0.3) is 0 Å². The van der Waals surface area contributed by atoms with Crippen molar-refractivity contribution in [1.29, 1.82) is 0 Å². The summed E-state index contributed by atoms with van der Waals surface area (Å²) in [7, 11) is 0. The molecule has 0 saturated carbocycles. The van der Waals surface area contributed by atoms with Crippen molar-refractivity contribution < 1.29 is 29.3 Å². The molecule has 4 N–H and O–H groups in total. The van der Waals surface area contributed by atoms with Crippen LogP contribution in [0.15, 0.2) is 72.8 Å². The SMILES string of the molecule is O=C(OCCO)c1cc(Nc2ccccc2)c(C(=O)OCCO)cc1Nc1ccccc1. The predicted octanol–water partition coefficient (Wildman–Crippen LogP) is 3.47. The number of hydrogen-bond donors (Lipinski definition) is 4. The molecular formula is C24H24N2O6. The number of anilines is 4. The number of rotatable bonds is 10. The van der Waals surface area contributed by atoms with Crippen molar-refractivity contribution in [3.05, 3.63) is 83.9 Å². The first kappa shape index (κ1) is 22.8. The van der Waals surface area contributed by atoms with Crippen LogP contribution in [0.2, 0.25) is 0 Å².